The Hall–Kier alpha value is -1.95. The third-order valence-electron chi connectivity index (χ3n) is 3.28. The van der Waals surface area contributed by atoms with Crippen LogP contribution in [-0.2, 0) is 16.0 Å². The first-order valence-electron chi connectivity index (χ1n) is 6.73. The Labute approximate surface area is 127 Å². The zero-order valence-electron chi connectivity index (χ0n) is 11.9. The van der Waals surface area contributed by atoms with Gasteiger partial charge in [-0.15, -0.1) is 0 Å². The second kappa shape index (κ2) is 6.22. The Bertz CT molecular complexity index is 603. The minimum atomic E-state index is -0.697. The average molecular weight is 310 g/mol. The van der Waals surface area contributed by atoms with E-state index in [1.54, 1.807) is 13.0 Å². The Morgan fingerprint density at radius 1 is 1.48 bits per heavy atom. The van der Waals surface area contributed by atoms with Crippen LogP contribution in [0.1, 0.15) is 36.3 Å². The van der Waals surface area contributed by atoms with E-state index in [0.29, 0.717) is 17.7 Å². The van der Waals surface area contributed by atoms with Crippen LogP contribution >= 0.6 is 11.6 Å². The van der Waals surface area contributed by atoms with Crippen LogP contribution in [0.2, 0.25) is 5.15 Å². The molecule has 21 heavy (non-hydrogen) atoms. The second-order valence-electron chi connectivity index (χ2n) is 4.94. The minimum Gasteiger partial charge on any atom is -0.318 e. The van der Waals surface area contributed by atoms with Gasteiger partial charge < -0.3 is 4.90 Å². The van der Waals surface area contributed by atoms with Gasteiger partial charge in [-0.25, -0.2) is 4.98 Å². The van der Waals surface area contributed by atoms with E-state index >= 15 is 0 Å². The SMILES string of the molecule is CCCc1cc(C(=O)N2CC(=O)NC(=O)C2C)cc(Cl)n1. The molecule has 1 unspecified atom stereocenters. The second-order valence-corrected chi connectivity index (χ2v) is 5.33. The Morgan fingerprint density at radius 3 is 2.86 bits per heavy atom. The third kappa shape index (κ3) is 3.39. The van der Waals surface area contributed by atoms with Gasteiger partial charge in [0.05, 0.1) is 0 Å². The first-order valence-corrected chi connectivity index (χ1v) is 7.11. The van der Waals surface area contributed by atoms with E-state index in [-0.39, 0.29) is 11.7 Å². The summed E-state index contributed by atoms with van der Waals surface area (Å²) in [6.45, 7) is 3.43. The van der Waals surface area contributed by atoms with Crippen molar-refractivity contribution in [3.05, 3.63) is 28.5 Å². The molecule has 1 aliphatic heterocycles. The molecular weight excluding hydrogens is 294 g/mol. The highest BCUT2D eigenvalue weighted by Gasteiger charge is 2.34. The third-order valence-corrected chi connectivity index (χ3v) is 3.48. The largest absolute Gasteiger partial charge is 0.318 e. The molecule has 1 aliphatic rings. The fraction of sp³-hybridized carbons (Fsp3) is 0.429. The zero-order chi connectivity index (χ0) is 15.6. The van der Waals surface area contributed by atoms with E-state index in [2.05, 4.69) is 10.3 Å². The Morgan fingerprint density at radius 2 is 2.19 bits per heavy atom. The summed E-state index contributed by atoms with van der Waals surface area (Å²) in [5, 5.41) is 2.42. The zero-order valence-corrected chi connectivity index (χ0v) is 12.6. The van der Waals surface area contributed by atoms with Gasteiger partial charge in [0.1, 0.15) is 17.7 Å². The highest BCUT2D eigenvalue weighted by molar-refractivity contribution is 6.29. The molecule has 1 atom stereocenters. The number of aryl methyl sites for hydroxylation is 1. The van der Waals surface area contributed by atoms with Crippen LogP contribution in [0.5, 0.6) is 0 Å². The molecule has 6 nitrogen and oxygen atoms in total. The number of carbonyl (C=O) groups is 3. The maximum Gasteiger partial charge on any atom is 0.255 e. The van der Waals surface area contributed by atoms with Gasteiger partial charge in [0.2, 0.25) is 11.8 Å². The predicted octanol–water partition coefficient (Wildman–Crippen LogP) is 1.17. The molecule has 0 saturated carbocycles. The molecule has 0 bridgehead atoms. The minimum absolute atomic E-state index is 0.144. The number of imide groups is 1. The Balaban J connectivity index is 2.30. The smallest absolute Gasteiger partial charge is 0.255 e. The van der Waals surface area contributed by atoms with Crippen molar-refractivity contribution in [2.75, 3.05) is 6.54 Å². The van der Waals surface area contributed by atoms with Gasteiger partial charge in [-0.1, -0.05) is 24.9 Å². The van der Waals surface area contributed by atoms with E-state index in [0.717, 1.165) is 6.42 Å². The lowest BCUT2D eigenvalue weighted by molar-refractivity contribution is -0.138. The lowest BCUT2D eigenvalue weighted by atomic mass is 10.1. The summed E-state index contributed by atoms with van der Waals surface area (Å²) >= 11 is 5.93. The van der Waals surface area contributed by atoms with Gasteiger partial charge in [0.25, 0.3) is 5.91 Å². The average Bonchev–Trinajstić information content (AvgIpc) is 2.41. The number of nitrogens with zero attached hydrogens (tertiary/aromatic N) is 2. The maximum absolute atomic E-state index is 12.5. The van der Waals surface area contributed by atoms with Crippen LogP contribution < -0.4 is 5.32 Å². The predicted molar refractivity (Wildman–Crippen MR) is 76.9 cm³/mol. The van der Waals surface area contributed by atoms with Crippen LogP contribution in [0, 0.1) is 0 Å². The van der Waals surface area contributed by atoms with Crippen molar-refractivity contribution in [2.45, 2.75) is 32.7 Å². The monoisotopic (exact) mass is 309 g/mol. The molecule has 1 aromatic heterocycles. The number of rotatable bonds is 3. The number of aromatic nitrogens is 1. The van der Waals surface area contributed by atoms with Crippen molar-refractivity contribution < 1.29 is 14.4 Å². The van der Waals surface area contributed by atoms with Crippen molar-refractivity contribution in [3.63, 3.8) is 0 Å². The van der Waals surface area contributed by atoms with E-state index < -0.39 is 23.8 Å². The number of nitrogens with one attached hydrogen (secondary N) is 1. The molecule has 1 N–H and O–H groups in total. The van der Waals surface area contributed by atoms with Crippen LogP contribution in [0.15, 0.2) is 12.1 Å². The highest BCUT2D eigenvalue weighted by atomic mass is 35.5. The molecule has 1 saturated heterocycles. The first-order chi connectivity index (χ1) is 9.92. The van der Waals surface area contributed by atoms with E-state index in [4.69, 9.17) is 11.6 Å². The summed E-state index contributed by atoms with van der Waals surface area (Å²) in [4.78, 5) is 41.0. The van der Waals surface area contributed by atoms with Gasteiger partial charge >= 0.3 is 0 Å². The quantitative estimate of drug-likeness (QED) is 0.671. The van der Waals surface area contributed by atoms with Crippen molar-refractivity contribution in [3.8, 4) is 0 Å². The maximum atomic E-state index is 12.5. The standard InChI is InChI=1S/C14H16ClN3O3/c1-3-4-10-5-9(6-11(15)16-10)14(21)18-7-12(19)17-13(20)8(18)2/h5-6,8H,3-4,7H2,1-2H3,(H,17,19,20). The molecule has 1 fully saturated rings. The number of piperazine rings is 1. The van der Waals surface area contributed by atoms with Crippen molar-refractivity contribution in [1.29, 1.82) is 0 Å². The Kier molecular flexibility index (Phi) is 4.57. The summed E-state index contributed by atoms with van der Waals surface area (Å²) in [5.74, 6) is -1.36. The summed E-state index contributed by atoms with van der Waals surface area (Å²) in [6, 6.07) is 2.41. The normalized spacial score (nSPS) is 18.6. The van der Waals surface area contributed by atoms with Gasteiger partial charge in [0, 0.05) is 11.3 Å². The van der Waals surface area contributed by atoms with Crippen LogP contribution in [0.4, 0.5) is 0 Å². The van der Waals surface area contributed by atoms with Crippen molar-refractivity contribution >= 4 is 29.3 Å². The van der Waals surface area contributed by atoms with E-state index in [1.165, 1.54) is 11.0 Å². The first kappa shape index (κ1) is 15.4. The summed E-state index contributed by atoms with van der Waals surface area (Å²) in [7, 11) is 0. The number of hydrogen-bond acceptors (Lipinski definition) is 4. The molecule has 112 valence electrons. The van der Waals surface area contributed by atoms with Crippen molar-refractivity contribution in [1.82, 2.24) is 15.2 Å². The highest BCUT2D eigenvalue weighted by Crippen LogP contribution is 2.17. The topological polar surface area (TPSA) is 79.4 Å². The fourth-order valence-electron chi connectivity index (χ4n) is 2.19. The molecule has 0 aliphatic carbocycles. The molecule has 0 radical (unpaired) electrons. The summed E-state index contributed by atoms with van der Waals surface area (Å²) in [6.07, 6.45) is 1.58. The molecule has 1 aromatic rings. The lowest BCUT2D eigenvalue weighted by Crippen LogP contribution is -2.58. The van der Waals surface area contributed by atoms with Crippen LogP contribution in [0.25, 0.3) is 0 Å². The molecule has 0 aromatic carbocycles. The number of pyridine rings is 1. The summed E-state index contributed by atoms with van der Waals surface area (Å²) in [5.41, 5.74) is 1.06. The number of amides is 3. The number of halogens is 1. The van der Waals surface area contributed by atoms with Gasteiger partial charge in [-0.3, -0.25) is 19.7 Å². The van der Waals surface area contributed by atoms with Gasteiger partial charge in [0.15, 0.2) is 0 Å². The van der Waals surface area contributed by atoms with Crippen molar-refractivity contribution in [2.24, 2.45) is 0 Å². The summed E-state index contributed by atoms with van der Waals surface area (Å²) < 4.78 is 0. The number of carbonyl (C=O) groups excluding carboxylic acids is 3. The van der Waals surface area contributed by atoms with Gasteiger partial charge in [-0.05, 0) is 25.5 Å². The molecule has 0 spiro atoms. The molecule has 7 heteroatoms. The van der Waals surface area contributed by atoms with Gasteiger partial charge in [-0.2, -0.15) is 0 Å². The molecule has 2 rings (SSSR count). The molecule has 3 amide bonds. The lowest BCUT2D eigenvalue weighted by Gasteiger charge is -2.31. The van der Waals surface area contributed by atoms with Crippen LogP contribution in [0.3, 0.4) is 0 Å². The fourth-order valence-corrected chi connectivity index (χ4v) is 2.41. The molecule has 2 heterocycles. The molecular formula is C14H16ClN3O3. The van der Waals surface area contributed by atoms with E-state index in [1.807, 2.05) is 6.92 Å². The number of hydrogen-bond donors (Lipinski definition) is 1. The van der Waals surface area contributed by atoms with E-state index in [9.17, 15) is 14.4 Å². The van der Waals surface area contributed by atoms with Crippen LogP contribution in [-0.4, -0.2) is 40.2 Å².